The first-order valence-corrected chi connectivity index (χ1v) is 3.57. The molecule has 0 unspecified atom stereocenters. The summed E-state index contributed by atoms with van der Waals surface area (Å²) in [5.74, 6) is -0.382. The number of hydrogen-bond acceptors (Lipinski definition) is 5. The number of carbonyl (C=O) groups excluding carboxylic acids is 1. The minimum atomic E-state index is -0.259. The fourth-order valence-electron chi connectivity index (χ4n) is 0.536. The highest BCUT2D eigenvalue weighted by Gasteiger charge is 2.07. The Labute approximate surface area is 69.5 Å². The van der Waals surface area contributed by atoms with Crippen molar-refractivity contribution < 1.29 is 9.53 Å². The van der Waals surface area contributed by atoms with Crippen LogP contribution in [0.5, 0.6) is 0 Å². The van der Waals surface area contributed by atoms with Gasteiger partial charge in [0.05, 0.1) is 5.92 Å². The van der Waals surface area contributed by atoms with E-state index >= 15 is 0 Å². The standard InChI is InChI=1S/C6H10N4O2/c1-5(2)6(11)12-4-10-3-7-8-9-10/h3,5H,4H2,1-2H3. The second-order valence-corrected chi connectivity index (χ2v) is 2.60. The fourth-order valence-corrected chi connectivity index (χ4v) is 0.536. The molecule has 0 N–H and O–H groups in total. The van der Waals surface area contributed by atoms with Gasteiger partial charge in [-0.05, 0) is 10.4 Å². The zero-order valence-corrected chi connectivity index (χ0v) is 6.97. The molecular weight excluding hydrogens is 160 g/mol. The molecule has 0 bridgehead atoms. The zero-order valence-electron chi connectivity index (χ0n) is 6.97. The van der Waals surface area contributed by atoms with Gasteiger partial charge >= 0.3 is 5.97 Å². The van der Waals surface area contributed by atoms with Crippen molar-refractivity contribution in [3.05, 3.63) is 6.33 Å². The molecule has 0 spiro atoms. The number of hydrogen-bond donors (Lipinski definition) is 0. The summed E-state index contributed by atoms with van der Waals surface area (Å²) in [5.41, 5.74) is 0. The minimum absolute atomic E-state index is 0.0734. The van der Waals surface area contributed by atoms with E-state index in [-0.39, 0.29) is 18.6 Å². The number of carbonyl (C=O) groups is 1. The van der Waals surface area contributed by atoms with E-state index in [1.807, 2.05) is 0 Å². The predicted octanol–water partition coefficient (Wildman–Crippen LogP) is -0.170. The van der Waals surface area contributed by atoms with Crippen LogP contribution < -0.4 is 0 Å². The molecule has 1 rings (SSSR count). The largest absolute Gasteiger partial charge is 0.442 e. The first kappa shape index (κ1) is 8.63. The summed E-state index contributed by atoms with van der Waals surface area (Å²) < 4.78 is 6.16. The Morgan fingerprint density at radius 2 is 2.42 bits per heavy atom. The Morgan fingerprint density at radius 3 is 2.92 bits per heavy atom. The van der Waals surface area contributed by atoms with Gasteiger partial charge in [0.25, 0.3) is 0 Å². The summed E-state index contributed by atoms with van der Waals surface area (Å²) in [6.07, 6.45) is 1.38. The highest BCUT2D eigenvalue weighted by molar-refractivity contribution is 5.71. The summed E-state index contributed by atoms with van der Waals surface area (Å²) in [5, 5.41) is 10.3. The van der Waals surface area contributed by atoms with Gasteiger partial charge in [0.15, 0.2) is 6.73 Å². The van der Waals surface area contributed by atoms with Crippen LogP contribution in [0.15, 0.2) is 6.33 Å². The Hall–Kier alpha value is -1.46. The molecule has 0 aromatic carbocycles. The first-order valence-electron chi connectivity index (χ1n) is 3.57. The molecule has 0 saturated carbocycles. The highest BCUT2D eigenvalue weighted by atomic mass is 16.5. The quantitative estimate of drug-likeness (QED) is 0.589. The smallest absolute Gasteiger partial charge is 0.310 e. The van der Waals surface area contributed by atoms with Crippen molar-refractivity contribution >= 4 is 5.97 Å². The maximum Gasteiger partial charge on any atom is 0.310 e. The fraction of sp³-hybridized carbons (Fsp3) is 0.667. The monoisotopic (exact) mass is 170 g/mol. The molecule has 0 aliphatic carbocycles. The Morgan fingerprint density at radius 1 is 1.67 bits per heavy atom. The maximum atomic E-state index is 10.9. The molecule has 0 atom stereocenters. The average Bonchev–Trinajstić information content (AvgIpc) is 2.51. The van der Waals surface area contributed by atoms with Crippen LogP contribution >= 0.6 is 0 Å². The molecule has 66 valence electrons. The molecule has 1 heterocycles. The summed E-state index contributed by atoms with van der Waals surface area (Å²) in [7, 11) is 0. The number of nitrogens with zero attached hydrogens (tertiary/aromatic N) is 4. The summed E-state index contributed by atoms with van der Waals surface area (Å²) in [6, 6.07) is 0. The molecule has 0 radical (unpaired) electrons. The van der Waals surface area contributed by atoms with E-state index in [9.17, 15) is 4.79 Å². The molecule has 1 aromatic rings. The van der Waals surface area contributed by atoms with Crippen LogP contribution in [0, 0.1) is 5.92 Å². The van der Waals surface area contributed by atoms with Gasteiger partial charge in [-0.25, -0.2) is 0 Å². The third kappa shape index (κ3) is 2.30. The zero-order chi connectivity index (χ0) is 8.97. The Kier molecular flexibility index (Phi) is 2.73. The van der Waals surface area contributed by atoms with E-state index < -0.39 is 0 Å². The van der Waals surface area contributed by atoms with E-state index in [1.165, 1.54) is 11.0 Å². The summed E-state index contributed by atoms with van der Waals surface area (Å²) >= 11 is 0. The second-order valence-electron chi connectivity index (χ2n) is 2.60. The average molecular weight is 170 g/mol. The van der Waals surface area contributed by atoms with Gasteiger partial charge in [0.1, 0.15) is 6.33 Å². The predicted molar refractivity (Wildman–Crippen MR) is 38.7 cm³/mol. The SMILES string of the molecule is CC(C)C(=O)OCn1cnnn1. The van der Waals surface area contributed by atoms with E-state index in [0.717, 1.165) is 0 Å². The van der Waals surface area contributed by atoms with Crippen molar-refractivity contribution in [1.29, 1.82) is 0 Å². The van der Waals surface area contributed by atoms with Crippen molar-refractivity contribution in [3.8, 4) is 0 Å². The van der Waals surface area contributed by atoms with Crippen LogP contribution in [0.3, 0.4) is 0 Å². The highest BCUT2D eigenvalue weighted by Crippen LogP contribution is 1.96. The van der Waals surface area contributed by atoms with Gasteiger partial charge in [-0.15, -0.1) is 5.10 Å². The van der Waals surface area contributed by atoms with E-state index in [0.29, 0.717) is 0 Å². The van der Waals surface area contributed by atoms with Gasteiger partial charge in [0.2, 0.25) is 0 Å². The topological polar surface area (TPSA) is 69.9 Å². The molecule has 0 aliphatic rings. The molecule has 0 fully saturated rings. The third-order valence-corrected chi connectivity index (χ3v) is 1.20. The second kappa shape index (κ2) is 3.80. The lowest BCUT2D eigenvalue weighted by molar-refractivity contribution is -0.151. The van der Waals surface area contributed by atoms with Gasteiger partial charge in [-0.1, -0.05) is 13.8 Å². The lowest BCUT2D eigenvalue weighted by Crippen LogP contribution is -2.14. The number of esters is 1. The third-order valence-electron chi connectivity index (χ3n) is 1.20. The number of rotatable bonds is 3. The summed E-state index contributed by atoms with van der Waals surface area (Å²) in [4.78, 5) is 10.9. The number of tetrazole rings is 1. The van der Waals surface area contributed by atoms with Crippen molar-refractivity contribution in [3.63, 3.8) is 0 Å². The van der Waals surface area contributed by atoms with Crippen LogP contribution in [-0.2, 0) is 16.3 Å². The van der Waals surface area contributed by atoms with Gasteiger partial charge in [0, 0.05) is 0 Å². The van der Waals surface area contributed by atoms with Gasteiger partial charge in [-0.2, -0.15) is 4.68 Å². The molecule has 0 amide bonds. The summed E-state index contributed by atoms with van der Waals surface area (Å²) in [6.45, 7) is 3.61. The normalized spacial score (nSPS) is 10.2. The Bertz CT molecular complexity index is 244. The molecule has 0 saturated heterocycles. The first-order chi connectivity index (χ1) is 5.70. The van der Waals surface area contributed by atoms with E-state index in [4.69, 9.17) is 4.74 Å². The molecule has 6 heteroatoms. The number of aromatic nitrogens is 4. The van der Waals surface area contributed by atoms with E-state index in [2.05, 4.69) is 15.5 Å². The Balaban J connectivity index is 2.32. The lowest BCUT2D eigenvalue weighted by atomic mass is 10.2. The van der Waals surface area contributed by atoms with E-state index in [1.54, 1.807) is 13.8 Å². The number of ether oxygens (including phenoxy) is 1. The van der Waals surface area contributed by atoms with Crippen molar-refractivity contribution in [2.24, 2.45) is 5.92 Å². The van der Waals surface area contributed by atoms with Gasteiger partial charge in [-0.3, -0.25) is 4.79 Å². The van der Waals surface area contributed by atoms with Crippen LogP contribution in [0.25, 0.3) is 0 Å². The van der Waals surface area contributed by atoms with Crippen molar-refractivity contribution in [2.75, 3.05) is 0 Å². The van der Waals surface area contributed by atoms with Crippen molar-refractivity contribution in [2.45, 2.75) is 20.6 Å². The maximum absolute atomic E-state index is 10.9. The van der Waals surface area contributed by atoms with Crippen LogP contribution in [0.2, 0.25) is 0 Å². The van der Waals surface area contributed by atoms with Crippen LogP contribution in [0.1, 0.15) is 13.8 Å². The molecule has 1 aromatic heterocycles. The molecule has 6 nitrogen and oxygen atoms in total. The van der Waals surface area contributed by atoms with Crippen LogP contribution in [-0.4, -0.2) is 26.2 Å². The van der Waals surface area contributed by atoms with Crippen molar-refractivity contribution in [1.82, 2.24) is 20.2 Å². The minimum Gasteiger partial charge on any atom is -0.442 e. The molecule has 0 aliphatic heterocycles. The molecular formula is C6H10N4O2. The molecule has 12 heavy (non-hydrogen) atoms. The van der Waals surface area contributed by atoms with Crippen LogP contribution in [0.4, 0.5) is 0 Å². The van der Waals surface area contributed by atoms with Gasteiger partial charge < -0.3 is 4.74 Å². The lowest BCUT2D eigenvalue weighted by Gasteiger charge is -2.04.